The molecular weight excluding hydrogens is 405 g/mol. The highest BCUT2D eigenvalue weighted by Gasteiger charge is 2.35. The first-order valence-electron chi connectivity index (χ1n) is 8.63. The van der Waals surface area contributed by atoms with Crippen LogP contribution in [0, 0.1) is 6.92 Å². The highest BCUT2D eigenvalue weighted by molar-refractivity contribution is 7.13. The quantitative estimate of drug-likeness (QED) is 0.535. The molecule has 0 aromatic carbocycles. The molecule has 0 saturated carbocycles. The van der Waals surface area contributed by atoms with Gasteiger partial charge in [0, 0.05) is 12.6 Å². The van der Waals surface area contributed by atoms with Gasteiger partial charge in [0.05, 0.1) is 28.1 Å². The Morgan fingerprint density at radius 1 is 1.31 bits per heavy atom. The van der Waals surface area contributed by atoms with Crippen molar-refractivity contribution in [2.24, 2.45) is 0 Å². The molecule has 150 valence electrons. The number of carbonyl (C=O) groups is 1. The number of carbonyl (C=O) groups excluding carboxylic acids is 1. The SMILES string of the molecule is CCn1ncc(NC(=O)c2cc3nc(-c4cccs4)cc(C(F)(F)F)n3n2)c1C. The average Bonchev–Trinajstić information content (AvgIpc) is 3.40. The Hall–Kier alpha value is -3.21. The number of nitrogens with one attached hydrogen (secondary N) is 1. The number of rotatable bonds is 4. The van der Waals surface area contributed by atoms with Crippen molar-refractivity contribution in [1.82, 2.24) is 24.4 Å². The zero-order valence-electron chi connectivity index (χ0n) is 15.4. The van der Waals surface area contributed by atoms with E-state index in [-0.39, 0.29) is 17.0 Å². The summed E-state index contributed by atoms with van der Waals surface area (Å²) in [6, 6.07) is 5.58. The smallest absolute Gasteiger partial charge is 0.318 e. The zero-order chi connectivity index (χ0) is 20.8. The summed E-state index contributed by atoms with van der Waals surface area (Å²) in [4.78, 5) is 17.4. The molecule has 0 fully saturated rings. The van der Waals surface area contributed by atoms with Crippen LogP contribution < -0.4 is 5.32 Å². The van der Waals surface area contributed by atoms with Gasteiger partial charge in [-0.1, -0.05) is 6.07 Å². The Balaban J connectivity index is 1.76. The fourth-order valence-corrected chi connectivity index (χ4v) is 3.60. The number of amides is 1. The van der Waals surface area contributed by atoms with Gasteiger partial charge in [0.1, 0.15) is 0 Å². The monoisotopic (exact) mass is 420 g/mol. The molecule has 0 aliphatic heterocycles. The summed E-state index contributed by atoms with van der Waals surface area (Å²) < 4.78 is 43.1. The van der Waals surface area contributed by atoms with Gasteiger partial charge in [-0.15, -0.1) is 11.3 Å². The second kappa shape index (κ2) is 6.99. The number of thiophene rings is 1. The number of aromatic nitrogens is 5. The molecule has 0 atom stereocenters. The molecule has 0 aliphatic rings. The second-order valence-electron chi connectivity index (χ2n) is 6.21. The van der Waals surface area contributed by atoms with Gasteiger partial charge < -0.3 is 5.32 Å². The van der Waals surface area contributed by atoms with Crippen molar-refractivity contribution in [3.63, 3.8) is 0 Å². The molecule has 4 heterocycles. The number of hydrogen-bond acceptors (Lipinski definition) is 5. The third-order valence-electron chi connectivity index (χ3n) is 4.37. The lowest BCUT2D eigenvalue weighted by atomic mass is 10.2. The summed E-state index contributed by atoms with van der Waals surface area (Å²) >= 11 is 1.28. The Morgan fingerprint density at radius 3 is 2.72 bits per heavy atom. The number of halogens is 3. The van der Waals surface area contributed by atoms with E-state index in [1.165, 1.54) is 23.6 Å². The highest BCUT2D eigenvalue weighted by Crippen LogP contribution is 2.33. The molecule has 0 saturated heterocycles. The molecule has 4 aromatic rings. The van der Waals surface area contributed by atoms with Crippen molar-refractivity contribution in [3.8, 4) is 10.6 Å². The molecule has 1 N–H and O–H groups in total. The van der Waals surface area contributed by atoms with Gasteiger partial charge >= 0.3 is 6.18 Å². The molecule has 0 unspecified atom stereocenters. The van der Waals surface area contributed by atoms with E-state index in [0.29, 0.717) is 21.6 Å². The van der Waals surface area contributed by atoms with Crippen LogP contribution >= 0.6 is 11.3 Å². The second-order valence-corrected chi connectivity index (χ2v) is 7.16. The first-order valence-corrected chi connectivity index (χ1v) is 9.51. The molecule has 0 aliphatic carbocycles. The fraction of sp³-hybridized carbons (Fsp3) is 0.222. The van der Waals surface area contributed by atoms with Crippen LogP contribution in [-0.2, 0) is 12.7 Å². The van der Waals surface area contributed by atoms with Crippen LogP contribution in [0.2, 0.25) is 0 Å². The number of hydrogen-bond donors (Lipinski definition) is 1. The maximum absolute atomic E-state index is 13.6. The maximum atomic E-state index is 13.6. The number of nitrogens with zero attached hydrogens (tertiary/aromatic N) is 5. The van der Waals surface area contributed by atoms with Gasteiger partial charge in [-0.05, 0) is 31.4 Å². The van der Waals surface area contributed by atoms with E-state index >= 15 is 0 Å². The minimum Gasteiger partial charge on any atom is -0.318 e. The molecule has 29 heavy (non-hydrogen) atoms. The standard InChI is InChI=1S/C18H15F3N6OS/c1-3-26-10(2)13(9-22-26)24-17(28)12-8-16-23-11(14-5-4-6-29-14)7-15(18(19,20)21)27(16)25-12/h4-9H,3H2,1-2H3,(H,24,28). The van der Waals surface area contributed by atoms with Gasteiger partial charge in [-0.3, -0.25) is 9.48 Å². The predicted molar refractivity (Wildman–Crippen MR) is 102 cm³/mol. The topological polar surface area (TPSA) is 77.1 Å². The van der Waals surface area contributed by atoms with E-state index in [1.54, 1.807) is 29.1 Å². The number of alkyl halides is 3. The molecule has 7 nitrogen and oxygen atoms in total. The van der Waals surface area contributed by atoms with Crippen molar-refractivity contribution in [3.05, 3.63) is 52.9 Å². The molecule has 1 amide bonds. The van der Waals surface area contributed by atoms with Crippen molar-refractivity contribution in [2.75, 3.05) is 5.32 Å². The Labute approximate surface area is 166 Å². The summed E-state index contributed by atoms with van der Waals surface area (Å²) in [6.07, 6.45) is -3.17. The van der Waals surface area contributed by atoms with Crippen LogP contribution in [0.4, 0.5) is 18.9 Å². The number of aryl methyl sites for hydroxylation is 1. The van der Waals surface area contributed by atoms with E-state index in [2.05, 4.69) is 20.5 Å². The van der Waals surface area contributed by atoms with Gasteiger partial charge in [-0.25, -0.2) is 9.50 Å². The van der Waals surface area contributed by atoms with Gasteiger partial charge in [0.15, 0.2) is 17.0 Å². The minimum absolute atomic E-state index is 0.0608. The maximum Gasteiger partial charge on any atom is 0.433 e. The van der Waals surface area contributed by atoms with Gasteiger partial charge in [0.25, 0.3) is 5.91 Å². The van der Waals surface area contributed by atoms with Crippen molar-refractivity contribution >= 4 is 28.6 Å². The average molecular weight is 420 g/mol. The minimum atomic E-state index is -4.66. The summed E-state index contributed by atoms with van der Waals surface area (Å²) in [7, 11) is 0. The summed E-state index contributed by atoms with van der Waals surface area (Å²) in [5.74, 6) is -0.639. The predicted octanol–water partition coefficient (Wildman–Crippen LogP) is 4.25. The fourth-order valence-electron chi connectivity index (χ4n) is 2.91. The highest BCUT2D eigenvalue weighted by atomic mass is 32.1. The molecule has 0 radical (unpaired) electrons. The van der Waals surface area contributed by atoms with E-state index in [1.807, 2.05) is 6.92 Å². The Morgan fingerprint density at radius 2 is 2.10 bits per heavy atom. The number of fused-ring (bicyclic) bond motifs is 1. The van der Waals surface area contributed by atoms with Crippen LogP contribution in [-0.4, -0.2) is 30.3 Å². The summed E-state index contributed by atoms with van der Waals surface area (Å²) in [5, 5.41) is 12.4. The molecular formula is C18H15F3N6OS. The van der Waals surface area contributed by atoms with Crippen LogP contribution in [0.3, 0.4) is 0 Å². The van der Waals surface area contributed by atoms with Crippen LogP contribution in [0.15, 0.2) is 35.8 Å². The van der Waals surface area contributed by atoms with Gasteiger partial charge in [-0.2, -0.15) is 23.4 Å². The van der Waals surface area contributed by atoms with Crippen LogP contribution in [0.25, 0.3) is 16.2 Å². The molecule has 4 aromatic heterocycles. The first-order chi connectivity index (χ1) is 13.8. The molecule has 11 heteroatoms. The Kier molecular flexibility index (Phi) is 4.61. The van der Waals surface area contributed by atoms with Crippen LogP contribution in [0.5, 0.6) is 0 Å². The summed E-state index contributed by atoms with van der Waals surface area (Å²) in [6.45, 7) is 4.32. The molecule has 0 spiro atoms. The van der Waals surface area contributed by atoms with E-state index in [0.717, 1.165) is 11.8 Å². The lowest BCUT2D eigenvalue weighted by molar-refractivity contribution is -0.142. The van der Waals surface area contributed by atoms with Crippen molar-refractivity contribution < 1.29 is 18.0 Å². The van der Waals surface area contributed by atoms with Crippen molar-refractivity contribution in [1.29, 1.82) is 0 Å². The zero-order valence-corrected chi connectivity index (χ0v) is 16.2. The lowest BCUT2D eigenvalue weighted by Crippen LogP contribution is -2.16. The van der Waals surface area contributed by atoms with Crippen LogP contribution in [0.1, 0.15) is 28.8 Å². The first kappa shape index (κ1) is 19.1. The third-order valence-corrected chi connectivity index (χ3v) is 5.27. The van der Waals surface area contributed by atoms with E-state index < -0.39 is 17.8 Å². The number of anilines is 1. The largest absolute Gasteiger partial charge is 0.433 e. The normalized spacial score (nSPS) is 11.9. The van der Waals surface area contributed by atoms with Gasteiger partial charge in [0.2, 0.25) is 0 Å². The molecule has 4 rings (SSSR count). The third kappa shape index (κ3) is 3.48. The summed E-state index contributed by atoms with van der Waals surface area (Å²) in [5.41, 5.74) is 0.145. The Bertz CT molecular complexity index is 1190. The molecule has 0 bridgehead atoms. The van der Waals surface area contributed by atoms with E-state index in [4.69, 9.17) is 0 Å². The lowest BCUT2D eigenvalue weighted by Gasteiger charge is -2.10. The van der Waals surface area contributed by atoms with E-state index in [9.17, 15) is 18.0 Å². The van der Waals surface area contributed by atoms with Crippen molar-refractivity contribution in [2.45, 2.75) is 26.6 Å².